The molecule has 4 aliphatic rings. The Morgan fingerprint density at radius 3 is 2.22 bits per heavy atom. The van der Waals surface area contributed by atoms with E-state index in [1.807, 2.05) is 0 Å². The standard InChI is InChI=1S/C25H25NO/c1-17-23(26)12-14-24(15-13-23)25(17,27-24)22-10-8-19(9-11-22)21-7-6-18-4-2-3-5-20(18)16-21/h2-11,16-17H,12-15,26H2,1H3/t17-,23?,24?,25?/m1/s1. The monoisotopic (exact) mass is 355 g/mol. The van der Waals surface area contributed by atoms with Crippen molar-refractivity contribution in [2.75, 3.05) is 0 Å². The molecule has 0 aromatic heterocycles. The molecule has 4 fully saturated rings. The highest BCUT2D eigenvalue weighted by Crippen LogP contribution is 2.73. The zero-order chi connectivity index (χ0) is 18.3. The number of benzene rings is 3. The van der Waals surface area contributed by atoms with E-state index in [0.29, 0.717) is 5.92 Å². The Hall–Kier alpha value is -2.16. The van der Waals surface area contributed by atoms with Gasteiger partial charge in [-0.15, -0.1) is 0 Å². The molecule has 1 saturated heterocycles. The Morgan fingerprint density at radius 1 is 0.815 bits per heavy atom. The van der Waals surface area contributed by atoms with E-state index in [-0.39, 0.29) is 16.7 Å². The molecule has 2 atom stereocenters. The summed E-state index contributed by atoms with van der Waals surface area (Å²) < 4.78 is 6.53. The van der Waals surface area contributed by atoms with Crippen LogP contribution in [0.25, 0.3) is 21.9 Å². The molecule has 1 unspecified atom stereocenters. The van der Waals surface area contributed by atoms with Crippen LogP contribution in [0.1, 0.15) is 38.2 Å². The molecule has 1 spiro atoms. The maximum Gasteiger partial charge on any atom is 0.127 e. The topological polar surface area (TPSA) is 38.5 Å². The van der Waals surface area contributed by atoms with Gasteiger partial charge < -0.3 is 10.5 Å². The molecular formula is C25H25NO. The van der Waals surface area contributed by atoms with E-state index >= 15 is 0 Å². The van der Waals surface area contributed by atoms with Crippen molar-refractivity contribution in [1.82, 2.24) is 0 Å². The fourth-order valence-electron chi connectivity index (χ4n) is 6.05. The summed E-state index contributed by atoms with van der Waals surface area (Å²) in [4.78, 5) is 0. The normalized spacial score (nSPS) is 36.6. The quantitative estimate of drug-likeness (QED) is 0.626. The SMILES string of the molecule is C[C@@H]1C2(N)CCC3(CC2)OC13c1ccc(-c2ccc3ccccc3c2)cc1. The highest BCUT2D eigenvalue weighted by atomic mass is 16.6. The Bertz CT molecular complexity index is 1050. The zero-order valence-corrected chi connectivity index (χ0v) is 15.7. The zero-order valence-electron chi connectivity index (χ0n) is 15.7. The summed E-state index contributed by atoms with van der Waals surface area (Å²) in [5.74, 6) is 0.374. The van der Waals surface area contributed by atoms with Gasteiger partial charge in [0.25, 0.3) is 0 Å². The first kappa shape index (κ1) is 15.9. The summed E-state index contributed by atoms with van der Waals surface area (Å²) in [6, 6.07) is 24.3. The minimum absolute atomic E-state index is 0.0536. The van der Waals surface area contributed by atoms with Gasteiger partial charge >= 0.3 is 0 Å². The number of fused-ring (bicyclic) bond motifs is 3. The fraction of sp³-hybridized carbons (Fsp3) is 0.360. The third kappa shape index (κ3) is 1.93. The third-order valence-corrected chi connectivity index (χ3v) is 7.85. The molecule has 2 nitrogen and oxygen atoms in total. The van der Waals surface area contributed by atoms with E-state index < -0.39 is 0 Å². The Balaban J connectivity index is 1.38. The summed E-state index contributed by atoms with van der Waals surface area (Å²) in [5.41, 5.74) is 10.4. The molecule has 3 aliphatic carbocycles. The van der Waals surface area contributed by atoms with Crippen molar-refractivity contribution in [1.29, 1.82) is 0 Å². The molecule has 1 heterocycles. The first-order valence-electron chi connectivity index (χ1n) is 10.2. The van der Waals surface area contributed by atoms with Gasteiger partial charge in [0.15, 0.2) is 0 Å². The third-order valence-electron chi connectivity index (χ3n) is 7.85. The van der Waals surface area contributed by atoms with Crippen LogP contribution in [0, 0.1) is 5.92 Å². The minimum atomic E-state index is -0.153. The molecule has 3 saturated carbocycles. The molecular weight excluding hydrogens is 330 g/mol. The van der Waals surface area contributed by atoms with E-state index in [9.17, 15) is 0 Å². The molecule has 2 bridgehead atoms. The number of hydrogen-bond acceptors (Lipinski definition) is 2. The first-order valence-corrected chi connectivity index (χ1v) is 10.2. The summed E-state index contributed by atoms with van der Waals surface area (Å²) in [6.45, 7) is 2.30. The highest BCUT2D eigenvalue weighted by molar-refractivity contribution is 5.87. The number of hydrogen-bond donors (Lipinski definition) is 1. The average Bonchev–Trinajstić information content (AvgIpc) is 3.41. The minimum Gasteiger partial charge on any atom is -0.357 e. The van der Waals surface area contributed by atoms with Crippen molar-refractivity contribution in [3.63, 3.8) is 0 Å². The van der Waals surface area contributed by atoms with Crippen molar-refractivity contribution in [2.45, 2.75) is 49.3 Å². The van der Waals surface area contributed by atoms with Gasteiger partial charge in [0, 0.05) is 11.5 Å². The van der Waals surface area contributed by atoms with E-state index in [4.69, 9.17) is 10.5 Å². The Kier molecular flexibility index (Phi) is 2.94. The van der Waals surface area contributed by atoms with Crippen LogP contribution >= 0.6 is 0 Å². The van der Waals surface area contributed by atoms with Crippen LogP contribution in [0.4, 0.5) is 0 Å². The summed E-state index contributed by atoms with van der Waals surface area (Å²) >= 11 is 0. The van der Waals surface area contributed by atoms with Gasteiger partial charge in [0.1, 0.15) is 11.2 Å². The average molecular weight is 355 g/mol. The van der Waals surface area contributed by atoms with Crippen molar-refractivity contribution in [3.05, 3.63) is 72.3 Å². The summed E-state index contributed by atoms with van der Waals surface area (Å²) in [5, 5.41) is 2.57. The largest absolute Gasteiger partial charge is 0.357 e. The molecule has 2 N–H and O–H groups in total. The van der Waals surface area contributed by atoms with Gasteiger partial charge in [-0.2, -0.15) is 0 Å². The smallest absolute Gasteiger partial charge is 0.127 e. The maximum atomic E-state index is 6.77. The van der Waals surface area contributed by atoms with Gasteiger partial charge in [-0.05, 0) is 59.2 Å². The lowest BCUT2D eigenvalue weighted by Gasteiger charge is -2.50. The fourth-order valence-corrected chi connectivity index (χ4v) is 6.05. The van der Waals surface area contributed by atoms with Crippen molar-refractivity contribution >= 4 is 10.8 Å². The van der Waals surface area contributed by atoms with Crippen LogP contribution in [0.2, 0.25) is 0 Å². The molecule has 27 heavy (non-hydrogen) atoms. The predicted octanol–water partition coefficient (Wildman–Crippen LogP) is 5.39. The second kappa shape index (κ2) is 5.01. The van der Waals surface area contributed by atoms with Crippen LogP contribution in [-0.2, 0) is 10.3 Å². The lowest BCUT2D eigenvalue weighted by molar-refractivity contribution is 0.0846. The second-order valence-electron chi connectivity index (χ2n) is 8.93. The first-order chi connectivity index (χ1) is 13.1. The van der Waals surface area contributed by atoms with Gasteiger partial charge in [-0.1, -0.05) is 67.6 Å². The molecule has 2 heteroatoms. The molecule has 3 aromatic carbocycles. The second-order valence-corrected chi connectivity index (χ2v) is 8.93. The van der Waals surface area contributed by atoms with Gasteiger partial charge in [-0.3, -0.25) is 0 Å². The van der Waals surface area contributed by atoms with Crippen molar-refractivity contribution in [3.8, 4) is 11.1 Å². The Morgan fingerprint density at radius 2 is 1.48 bits per heavy atom. The van der Waals surface area contributed by atoms with E-state index in [1.165, 1.54) is 27.5 Å². The van der Waals surface area contributed by atoms with Crippen LogP contribution in [-0.4, -0.2) is 11.1 Å². The van der Waals surface area contributed by atoms with Gasteiger partial charge in [0.2, 0.25) is 0 Å². The molecule has 1 aliphatic heterocycles. The van der Waals surface area contributed by atoms with Crippen molar-refractivity contribution < 1.29 is 4.74 Å². The number of ether oxygens (including phenoxy) is 1. The molecule has 7 rings (SSSR count). The summed E-state index contributed by atoms with van der Waals surface area (Å²) in [6.07, 6.45) is 4.43. The van der Waals surface area contributed by atoms with Crippen LogP contribution in [0.3, 0.4) is 0 Å². The van der Waals surface area contributed by atoms with Crippen LogP contribution < -0.4 is 5.73 Å². The summed E-state index contributed by atoms with van der Waals surface area (Å²) in [7, 11) is 0. The lowest BCUT2D eigenvalue weighted by atomic mass is 9.54. The highest BCUT2D eigenvalue weighted by Gasteiger charge is 2.80. The van der Waals surface area contributed by atoms with E-state index in [0.717, 1.165) is 25.7 Å². The number of nitrogens with two attached hydrogens (primary N) is 1. The Labute approximate surface area is 160 Å². The van der Waals surface area contributed by atoms with E-state index in [2.05, 4.69) is 73.7 Å². The van der Waals surface area contributed by atoms with Crippen LogP contribution in [0.5, 0.6) is 0 Å². The lowest BCUT2D eigenvalue weighted by Crippen LogP contribution is -2.60. The van der Waals surface area contributed by atoms with Gasteiger partial charge in [0.05, 0.1) is 0 Å². The molecule has 0 radical (unpaired) electrons. The predicted molar refractivity (Wildman–Crippen MR) is 109 cm³/mol. The molecule has 3 aromatic rings. The maximum absolute atomic E-state index is 6.77. The van der Waals surface area contributed by atoms with Gasteiger partial charge in [-0.25, -0.2) is 0 Å². The molecule has 0 amide bonds. The number of rotatable bonds is 2. The number of epoxide rings is 1. The molecule has 136 valence electrons. The van der Waals surface area contributed by atoms with Crippen molar-refractivity contribution in [2.24, 2.45) is 11.7 Å². The van der Waals surface area contributed by atoms with E-state index in [1.54, 1.807) is 0 Å². The van der Waals surface area contributed by atoms with Crippen LogP contribution in [0.15, 0.2) is 66.7 Å².